The second kappa shape index (κ2) is 6.58. The van der Waals surface area contributed by atoms with Gasteiger partial charge in [0.1, 0.15) is 0 Å². The molecule has 0 aliphatic carbocycles. The first-order chi connectivity index (χ1) is 10.2. The molecule has 1 aliphatic heterocycles. The van der Waals surface area contributed by atoms with Gasteiger partial charge in [0.2, 0.25) is 0 Å². The Morgan fingerprint density at radius 3 is 2.81 bits per heavy atom. The molecular formula is C17H23N3S. The molecule has 3 nitrogen and oxygen atoms in total. The van der Waals surface area contributed by atoms with Gasteiger partial charge in [-0.25, -0.2) is 4.98 Å². The van der Waals surface area contributed by atoms with E-state index in [1.807, 2.05) is 0 Å². The van der Waals surface area contributed by atoms with E-state index in [1.54, 1.807) is 11.3 Å². The predicted octanol–water partition coefficient (Wildman–Crippen LogP) is 3.84. The highest BCUT2D eigenvalue weighted by molar-refractivity contribution is 7.15. The van der Waals surface area contributed by atoms with Gasteiger partial charge in [-0.15, -0.1) is 11.3 Å². The molecule has 1 N–H and O–H groups in total. The van der Waals surface area contributed by atoms with E-state index in [0.29, 0.717) is 6.04 Å². The molecule has 3 rings (SSSR count). The highest BCUT2D eigenvalue weighted by Gasteiger charge is 2.20. The number of hydrogen-bond donors (Lipinski definition) is 1. The van der Waals surface area contributed by atoms with Gasteiger partial charge in [0.15, 0.2) is 5.13 Å². The predicted molar refractivity (Wildman–Crippen MR) is 90.0 cm³/mol. The van der Waals surface area contributed by atoms with Crippen LogP contribution in [0, 0.1) is 13.8 Å². The molecule has 112 valence electrons. The first-order valence-corrected chi connectivity index (χ1v) is 8.49. The number of hydrogen-bond acceptors (Lipinski definition) is 4. The van der Waals surface area contributed by atoms with Crippen LogP contribution < -0.4 is 5.32 Å². The molecule has 1 aromatic heterocycles. The highest BCUT2D eigenvalue weighted by Crippen LogP contribution is 2.24. The maximum atomic E-state index is 4.60. The summed E-state index contributed by atoms with van der Waals surface area (Å²) in [7, 11) is 0. The summed E-state index contributed by atoms with van der Waals surface area (Å²) in [5, 5.41) is 4.70. The molecule has 0 saturated carbocycles. The van der Waals surface area contributed by atoms with E-state index in [4.69, 9.17) is 0 Å². The zero-order valence-corrected chi connectivity index (χ0v) is 13.6. The number of likely N-dealkylation sites (tertiary alicyclic amines) is 1. The molecule has 2 aromatic rings. The summed E-state index contributed by atoms with van der Waals surface area (Å²) in [6, 6.07) is 11.3. The SMILES string of the molecule is Cc1nc(NC2CCCN(Cc3ccccc3)C2)sc1C. The van der Waals surface area contributed by atoms with Gasteiger partial charge in [0.25, 0.3) is 0 Å². The average Bonchev–Trinajstić information content (AvgIpc) is 2.78. The van der Waals surface area contributed by atoms with Crippen LogP contribution >= 0.6 is 11.3 Å². The third-order valence-electron chi connectivity index (χ3n) is 4.11. The summed E-state index contributed by atoms with van der Waals surface area (Å²) in [4.78, 5) is 8.46. The molecule has 1 unspecified atom stereocenters. The Labute approximate surface area is 131 Å². The van der Waals surface area contributed by atoms with E-state index in [2.05, 4.69) is 59.4 Å². The summed E-state index contributed by atoms with van der Waals surface area (Å²) in [5.74, 6) is 0. The quantitative estimate of drug-likeness (QED) is 0.930. The van der Waals surface area contributed by atoms with Crippen molar-refractivity contribution in [3.63, 3.8) is 0 Å². The van der Waals surface area contributed by atoms with Crippen LogP contribution in [0.1, 0.15) is 29.0 Å². The Kier molecular flexibility index (Phi) is 4.56. The summed E-state index contributed by atoms with van der Waals surface area (Å²) < 4.78 is 0. The summed E-state index contributed by atoms with van der Waals surface area (Å²) in [6.45, 7) is 7.57. The molecule has 0 radical (unpaired) electrons. The van der Waals surface area contributed by atoms with Crippen LogP contribution in [-0.2, 0) is 6.54 Å². The Morgan fingerprint density at radius 2 is 2.10 bits per heavy atom. The lowest BCUT2D eigenvalue weighted by Gasteiger charge is -2.33. The van der Waals surface area contributed by atoms with Gasteiger partial charge in [-0.2, -0.15) is 0 Å². The van der Waals surface area contributed by atoms with Crippen molar-refractivity contribution in [1.82, 2.24) is 9.88 Å². The van der Waals surface area contributed by atoms with Crippen LogP contribution in [0.2, 0.25) is 0 Å². The summed E-state index contributed by atoms with van der Waals surface area (Å²) >= 11 is 1.77. The van der Waals surface area contributed by atoms with Crippen molar-refractivity contribution in [2.24, 2.45) is 0 Å². The van der Waals surface area contributed by atoms with Crippen molar-refractivity contribution in [3.8, 4) is 0 Å². The van der Waals surface area contributed by atoms with Crippen molar-refractivity contribution in [1.29, 1.82) is 0 Å². The Morgan fingerprint density at radius 1 is 1.29 bits per heavy atom. The summed E-state index contributed by atoms with van der Waals surface area (Å²) in [6.07, 6.45) is 2.50. The van der Waals surface area contributed by atoms with Crippen LogP contribution in [0.5, 0.6) is 0 Å². The lowest BCUT2D eigenvalue weighted by atomic mass is 10.1. The number of anilines is 1. The first-order valence-electron chi connectivity index (χ1n) is 7.67. The van der Waals surface area contributed by atoms with Crippen LogP contribution in [0.25, 0.3) is 0 Å². The lowest BCUT2D eigenvalue weighted by Crippen LogP contribution is -2.41. The highest BCUT2D eigenvalue weighted by atomic mass is 32.1. The van der Waals surface area contributed by atoms with E-state index in [9.17, 15) is 0 Å². The molecule has 1 aromatic carbocycles. The number of aromatic nitrogens is 1. The molecule has 1 fully saturated rings. The average molecular weight is 301 g/mol. The molecule has 1 aliphatic rings. The molecule has 0 bridgehead atoms. The Bertz CT molecular complexity index is 559. The number of piperidine rings is 1. The van der Waals surface area contributed by atoms with Crippen molar-refractivity contribution >= 4 is 16.5 Å². The lowest BCUT2D eigenvalue weighted by molar-refractivity contribution is 0.208. The molecular weight excluding hydrogens is 278 g/mol. The number of aryl methyl sites for hydroxylation is 2. The number of thiazole rings is 1. The van der Waals surface area contributed by atoms with Gasteiger partial charge in [0, 0.05) is 24.0 Å². The number of nitrogens with zero attached hydrogens (tertiary/aromatic N) is 2. The van der Waals surface area contributed by atoms with Crippen molar-refractivity contribution < 1.29 is 0 Å². The van der Waals surface area contributed by atoms with Gasteiger partial charge < -0.3 is 5.32 Å². The van der Waals surface area contributed by atoms with E-state index < -0.39 is 0 Å². The molecule has 4 heteroatoms. The second-order valence-electron chi connectivity index (χ2n) is 5.86. The van der Waals surface area contributed by atoms with Gasteiger partial charge in [-0.3, -0.25) is 4.90 Å². The fraction of sp³-hybridized carbons (Fsp3) is 0.471. The number of nitrogens with one attached hydrogen (secondary N) is 1. The third kappa shape index (κ3) is 3.83. The number of rotatable bonds is 4. The van der Waals surface area contributed by atoms with Crippen molar-refractivity contribution in [2.45, 2.75) is 39.3 Å². The van der Waals surface area contributed by atoms with Gasteiger partial charge >= 0.3 is 0 Å². The van der Waals surface area contributed by atoms with Gasteiger partial charge in [-0.1, -0.05) is 30.3 Å². The van der Waals surface area contributed by atoms with Crippen LogP contribution in [0.4, 0.5) is 5.13 Å². The maximum Gasteiger partial charge on any atom is 0.183 e. The van der Waals surface area contributed by atoms with Crippen molar-refractivity contribution in [2.75, 3.05) is 18.4 Å². The molecule has 1 saturated heterocycles. The van der Waals surface area contributed by atoms with Crippen LogP contribution in [0.15, 0.2) is 30.3 Å². The smallest absolute Gasteiger partial charge is 0.183 e. The maximum absolute atomic E-state index is 4.60. The van der Waals surface area contributed by atoms with Crippen LogP contribution in [-0.4, -0.2) is 29.0 Å². The molecule has 2 heterocycles. The minimum Gasteiger partial charge on any atom is -0.357 e. The topological polar surface area (TPSA) is 28.2 Å². The normalized spacial score (nSPS) is 19.6. The zero-order chi connectivity index (χ0) is 14.7. The monoisotopic (exact) mass is 301 g/mol. The second-order valence-corrected chi connectivity index (χ2v) is 7.07. The van der Waals surface area contributed by atoms with Crippen molar-refractivity contribution in [3.05, 3.63) is 46.5 Å². The molecule has 1 atom stereocenters. The van der Waals surface area contributed by atoms with E-state index >= 15 is 0 Å². The minimum absolute atomic E-state index is 0.521. The first kappa shape index (κ1) is 14.5. The fourth-order valence-electron chi connectivity index (χ4n) is 2.87. The van der Waals surface area contributed by atoms with E-state index in [1.165, 1.54) is 29.8 Å². The Balaban J connectivity index is 1.58. The summed E-state index contributed by atoms with van der Waals surface area (Å²) in [5.41, 5.74) is 2.55. The zero-order valence-electron chi connectivity index (χ0n) is 12.8. The van der Waals surface area contributed by atoms with Gasteiger partial charge in [-0.05, 0) is 38.8 Å². The largest absolute Gasteiger partial charge is 0.357 e. The van der Waals surface area contributed by atoms with Crippen LogP contribution in [0.3, 0.4) is 0 Å². The van der Waals surface area contributed by atoms with E-state index in [0.717, 1.165) is 23.9 Å². The third-order valence-corrected chi connectivity index (χ3v) is 5.11. The van der Waals surface area contributed by atoms with E-state index in [-0.39, 0.29) is 0 Å². The fourth-order valence-corrected chi connectivity index (χ4v) is 3.76. The standard InChI is InChI=1S/C17H23N3S/c1-13-14(2)21-17(18-13)19-16-9-6-10-20(12-16)11-15-7-4-3-5-8-15/h3-5,7-8,16H,6,9-12H2,1-2H3,(H,18,19). The number of benzene rings is 1. The van der Waals surface area contributed by atoms with Gasteiger partial charge in [0.05, 0.1) is 5.69 Å². The Hall–Kier alpha value is -1.39. The molecule has 0 amide bonds. The molecule has 21 heavy (non-hydrogen) atoms. The minimum atomic E-state index is 0.521. The molecule has 0 spiro atoms.